The molecule has 1 aromatic heterocycles. The van der Waals surface area contributed by atoms with Gasteiger partial charge in [-0.25, -0.2) is 4.98 Å². The second-order valence-corrected chi connectivity index (χ2v) is 6.29. The van der Waals surface area contributed by atoms with Crippen molar-refractivity contribution in [3.63, 3.8) is 0 Å². The van der Waals surface area contributed by atoms with E-state index in [9.17, 15) is 5.11 Å². The Morgan fingerprint density at radius 2 is 2.00 bits per heavy atom. The van der Waals surface area contributed by atoms with Crippen molar-refractivity contribution < 1.29 is 5.11 Å². The minimum Gasteiger partial charge on any atom is -0.392 e. The molecule has 1 fully saturated rings. The van der Waals surface area contributed by atoms with E-state index in [0.717, 1.165) is 36.8 Å². The van der Waals surface area contributed by atoms with Crippen LogP contribution in [0.25, 0.3) is 0 Å². The summed E-state index contributed by atoms with van der Waals surface area (Å²) >= 11 is 0. The fraction of sp³-hybridized carbons (Fsp3) is 0.444. The van der Waals surface area contributed by atoms with Crippen LogP contribution >= 0.6 is 0 Å². The number of nitrogens with zero attached hydrogens (tertiary/aromatic N) is 4. The number of rotatable bonds is 4. The number of hydrogen-bond donors (Lipinski definition) is 1. The smallest absolute Gasteiger partial charge is 0.226 e. The van der Waals surface area contributed by atoms with Gasteiger partial charge in [-0.3, -0.25) is 0 Å². The SMILES string of the molecule is CN(C)c1nccc(N2CCCC(c3ccc(CO)cc3)C2)n1. The normalized spacial score (nSPS) is 18.0. The predicted octanol–water partition coefficient (Wildman–Crippen LogP) is 2.42. The minimum absolute atomic E-state index is 0.102. The summed E-state index contributed by atoms with van der Waals surface area (Å²) in [6.07, 6.45) is 4.19. The van der Waals surface area contributed by atoms with Crippen molar-refractivity contribution in [3.05, 3.63) is 47.7 Å². The Morgan fingerprint density at radius 1 is 1.22 bits per heavy atom. The lowest BCUT2D eigenvalue weighted by molar-refractivity contribution is 0.282. The van der Waals surface area contributed by atoms with Crippen molar-refractivity contribution in [1.29, 1.82) is 0 Å². The van der Waals surface area contributed by atoms with E-state index < -0.39 is 0 Å². The van der Waals surface area contributed by atoms with E-state index in [1.807, 2.05) is 43.4 Å². The lowest BCUT2D eigenvalue weighted by Gasteiger charge is -2.34. The molecule has 1 saturated heterocycles. The second-order valence-electron chi connectivity index (χ2n) is 6.29. The molecule has 2 heterocycles. The van der Waals surface area contributed by atoms with Crippen LogP contribution in [-0.4, -0.2) is 42.3 Å². The summed E-state index contributed by atoms with van der Waals surface area (Å²) in [7, 11) is 3.92. The molecule has 3 rings (SSSR count). The Balaban J connectivity index is 1.76. The first kappa shape index (κ1) is 15.7. The van der Waals surface area contributed by atoms with Gasteiger partial charge in [-0.05, 0) is 30.0 Å². The van der Waals surface area contributed by atoms with Gasteiger partial charge >= 0.3 is 0 Å². The highest BCUT2D eigenvalue weighted by Crippen LogP contribution is 2.29. The van der Waals surface area contributed by atoms with Crippen LogP contribution in [0.15, 0.2) is 36.5 Å². The van der Waals surface area contributed by atoms with Crippen LogP contribution in [0.3, 0.4) is 0 Å². The average Bonchev–Trinajstić information content (AvgIpc) is 2.62. The molecule has 0 radical (unpaired) electrons. The zero-order chi connectivity index (χ0) is 16.2. The van der Waals surface area contributed by atoms with Crippen LogP contribution < -0.4 is 9.80 Å². The van der Waals surface area contributed by atoms with Gasteiger partial charge in [0.1, 0.15) is 5.82 Å². The average molecular weight is 312 g/mol. The first-order valence-electron chi connectivity index (χ1n) is 8.12. The number of benzene rings is 1. The zero-order valence-corrected chi connectivity index (χ0v) is 13.8. The Kier molecular flexibility index (Phi) is 4.76. The Morgan fingerprint density at radius 3 is 2.70 bits per heavy atom. The summed E-state index contributed by atoms with van der Waals surface area (Å²) < 4.78 is 0. The molecule has 1 aliphatic rings. The third kappa shape index (κ3) is 3.62. The molecule has 0 bridgehead atoms. The van der Waals surface area contributed by atoms with Crippen molar-refractivity contribution in [2.75, 3.05) is 37.0 Å². The summed E-state index contributed by atoms with van der Waals surface area (Å²) in [6.45, 7) is 2.11. The highest BCUT2D eigenvalue weighted by Gasteiger charge is 2.22. The molecule has 0 amide bonds. The van der Waals surface area contributed by atoms with E-state index >= 15 is 0 Å². The van der Waals surface area contributed by atoms with Crippen molar-refractivity contribution >= 4 is 11.8 Å². The third-order valence-electron chi connectivity index (χ3n) is 4.41. The molecule has 0 spiro atoms. The lowest BCUT2D eigenvalue weighted by atomic mass is 9.90. The molecule has 1 aliphatic heterocycles. The quantitative estimate of drug-likeness (QED) is 0.939. The van der Waals surface area contributed by atoms with Crippen molar-refractivity contribution in [2.45, 2.75) is 25.4 Å². The lowest BCUT2D eigenvalue weighted by Crippen LogP contribution is -2.35. The Labute approximate surface area is 137 Å². The number of aliphatic hydroxyl groups excluding tert-OH is 1. The summed E-state index contributed by atoms with van der Waals surface area (Å²) in [5.74, 6) is 2.26. The van der Waals surface area contributed by atoms with E-state index in [0.29, 0.717) is 5.92 Å². The van der Waals surface area contributed by atoms with Gasteiger partial charge in [-0.2, -0.15) is 4.98 Å². The maximum atomic E-state index is 9.17. The molecule has 23 heavy (non-hydrogen) atoms. The number of anilines is 2. The molecule has 0 saturated carbocycles. The molecule has 1 atom stereocenters. The third-order valence-corrected chi connectivity index (χ3v) is 4.41. The maximum Gasteiger partial charge on any atom is 0.226 e. The monoisotopic (exact) mass is 312 g/mol. The van der Waals surface area contributed by atoms with Crippen LogP contribution in [-0.2, 0) is 6.61 Å². The molecular formula is C18H24N4O. The van der Waals surface area contributed by atoms with Crippen LogP contribution in [0, 0.1) is 0 Å². The number of hydrogen-bond acceptors (Lipinski definition) is 5. The van der Waals surface area contributed by atoms with E-state index in [-0.39, 0.29) is 6.61 Å². The topological polar surface area (TPSA) is 52.5 Å². The largest absolute Gasteiger partial charge is 0.392 e. The van der Waals surface area contributed by atoms with Gasteiger partial charge in [0.05, 0.1) is 6.61 Å². The summed E-state index contributed by atoms with van der Waals surface area (Å²) in [5.41, 5.74) is 2.31. The summed E-state index contributed by atoms with van der Waals surface area (Å²) in [4.78, 5) is 13.2. The maximum absolute atomic E-state index is 9.17. The van der Waals surface area contributed by atoms with Gasteiger partial charge in [0.25, 0.3) is 0 Å². The Bertz CT molecular complexity index is 642. The van der Waals surface area contributed by atoms with Crippen LogP contribution in [0.5, 0.6) is 0 Å². The van der Waals surface area contributed by atoms with E-state index in [1.54, 1.807) is 0 Å². The molecule has 1 unspecified atom stereocenters. The summed E-state index contributed by atoms with van der Waals surface area (Å²) in [6, 6.07) is 10.3. The number of piperidine rings is 1. The molecule has 5 heteroatoms. The van der Waals surface area contributed by atoms with Crippen LogP contribution in [0.4, 0.5) is 11.8 Å². The molecule has 1 aromatic carbocycles. The van der Waals surface area contributed by atoms with Gasteiger partial charge in [-0.1, -0.05) is 24.3 Å². The highest BCUT2D eigenvalue weighted by molar-refractivity contribution is 5.44. The molecule has 5 nitrogen and oxygen atoms in total. The van der Waals surface area contributed by atoms with Crippen molar-refractivity contribution in [3.8, 4) is 0 Å². The molecule has 0 aliphatic carbocycles. The Hall–Kier alpha value is -2.14. The number of aliphatic hydroxyl groups is 1. The van der Waals surface area contributed by atoms with Crippen LogP contribution in [0.1, 0.15) is 29.9 Å². The predicted molar refractivity (Wildman–Crippen MR) is 92.9 cm³/mol. The standard InChI is InChI=1S/C18H24N4O/c1-21(2)18-19-10-9-17(20-18)22-11-3-4-16(12-22)15-7-5-14(13-23)6-8-15/h5-10,16,23H,3-4,11-13H2,1-2H3. The van der Waals surface area contributed by atoms with E-state index in [2.05, 4.69) is 27.0 Å². The fourth-order valence-electron chi connectivity index (χ4n) is 3.08. The minimum atomic E-state index is 0.102. The highest BCUT2D eigenvalue weighted by atomic mass is 16.3. The van der Waals surface area contributed by atoms with Gasteiger partial charge in [0, 0.05) is 39.3 Å². The van der Waals surface area contributed by atoms with Crippen LogP contribution in [0.2, 0.25) is 0 Å². The molecule has 2 aromatic rings. The zero-order valence-electron chi connectivity index (χ0n) is 13.8. The summed E-state index contributed by atoms with van der Waals surface area (Å²) in [5, 5.41) is 9.17. The van der Waals surface area contributed by atoms with E-state index in [4.69, 9.17) is 0 Å². The van der Waals surface area contributed by atoms with Gasteiger partial charge in [-0.15, -0.1) is 0 Å². The van der Waals surface area contributed by atoms with E-state index in [1.165, 1.54) is 12.0 Å². The van der Waals surface area contributed by atoms with Gasteiger partial charge in [0.15, 0.2) is 0 Å². The molecular weight excluding hydrogens is 288 g/mol. The number of aromatic nitrogens is 2. The van der Waals surface area contributed by atoms with Gasteiger partial charge < -0.3 is 14.9 Å². The fourth-order valence-corrected chi connectivity index (χ4v) is 3.08. The molecule has 122 valence electrons. The van der Waals surface area contributed by atoms with Crippen molar-refractivity contribution in [2.24, 2.45) is 0 Å². The van der Waals surface area contributed by atoms with Gasteiger partial charge in [0.2, 0.25) is 5.95 Å². The van der Waals surface area contributed by atoms with Crippen molar-refractivity contribution in [1.82, 2.24) is 9.97 Å². The first-order valence-corrected chi connectivity index (χ1v) is 8.12. The second kappa shape index (κ2) is 6.96. The molecule has 1 N–H and O–H groups in total. The first-order chi connectivity index (χ1) is 11.2.